The summed E-state index contributed by atoms with van der Waals surface area (Å²) in [4.78, 5) is 24.7. The average Bonchev–Trinajstić information content (AvgIpc) is 3.18. The lowest BCUT2D eigenvalue weighted by Crippen LogP contribution is -2.38. The number of carboxylic acids is 1. The minimum Gasteiger partial charge on any atom is -0.478 e. The van der Waals surface area contributed by atoms with Gasteiger partial charge in [0.1, 0.15) is 5.56 Å². The maximum atomic E-state index is 14.2. The van der Waals surface area contributed by atoms with Crippen LogP contribution < -0.4 is 5.32 Å². The first-order chi connectivity index (χ1) is 25.4. The van der Waals surface area contributed by atoms with Crippen molar-refractivity contribution in [1.29, 1.82) is 0 Å². The third-order valence-electron chi connectivity index (χ3n) is 8.95. The molecule has 1 amide bonds. The van der Waals surface area contributed by atoms with Crippen LogP contribution in [0.4, 0.5) is 22.0 Å². The summed E-state index contributed by atoms with van der Waals surface area (Å²) in [6.45, 7) is 1.67. The number of hydrogen-bond donors (Lipinski definition) is 3. The molecule has 1 fully saturated rings. The summed E-state index contributed by atoms with van der Waals surface area (Å²) in [5.74, 6) is -13.2. The van der Waals surface area contributed by atoms with Crippen molar-refractivity contribution in [2.24, 2.45) is 5.92 Å². The van der Waals surface area contributed by atoms with E-state index in [9.17, 15) is 41.8 Å². The number of ether oxygens (including phenoxy) is 2. The minimum atomic E-state index is -2.35. The van der Waals surface area contributed by atoms with Gasteiger partial charge in [-0.1, -0.05) is 67.6 Å². The number of carboxylic acid groups (broad SMARTS) is 1. The maximum absolute atomic E-state index is 14.2. The molecule has 5 aromatic carbocycles. The first kappa shape index (κ1) is 37.7. The second-order valence-corrected chi connectivity index (χ2v) is 13.5. The van der Waals surface area contributed by atoms with E-state index in [-0.39, 0.29) is 36.8 Å². The van der Waals surface area contributed by atoms with E-state index in [4.69, 9.17) is 9.47 Å². The molecule has 0 radical (unpaired) electrons. The molecule has 1 aliphatic rings. The van der Waals surface area contributed by atoms with Gasteiger partial charge >= 0.3 is 5.97 Å². The van der Waals surface area contributed by atoms with Gasteiger partial charge < -0.3 is 25.0 Å². The van der Waals surface area contributed by atoms with E-state index >= 15 is 0 Å². The number of aliphatic hydroxyl groups excluding tert-OH is 1. The van der Waals surface area contributed by atoms with Crippen LogP contribution in [0.3, 0.4) is 0 Å². The Hall–Kier alpha value is -5.08. The number of hydrogen-bond acceptors (Lipinski definition) is 6. The van der Waals surface area contributed by atoms with Crippen molar-refractivity contribution >= 4 is 23.6 Å². The van der Waals surface area contributed by atoms with E-state index in [0.29, 0.717) is 22.4 Å². The molecule has 4 unspecified atom stereocenters. The predicted molar refractivity (Wildman–Crippen MR) is 186 cm³/mol. The highest BCUT2D eigenvalue weighted by Crippen LogP contribution is 2.43. The van der Waals surface area contributed by atoms with Crippen LogP contribution in [0.1, 0.15) is 62.3 Å². The van der Waals surface area contributed by atoms with Gasteiger partial charge in [-0.25, -0.2) is 26.7 Å². The third-order valence-corrected chi connectivity index (χ3v) is 10.0. The summed E-state index contributed by atoms with van der Waals surface area (Å²) in [7, 11) is 0. The highest BCUT2D eigenvalue weighted by atomic mass is 32.2. The van der Waals surface area contributed by atoms with Crippen molar-refractivity contribution in [3.8, 4) is 11.1 Å². The van der Waals surface area contributed by atoms with Crippen LogP contribution in [0.15, 0.2) is 102 Å². The van der Waals surface area contributed by atoms with Crippen molar-refractivity contribution in [3.63, 3.8) is 0 Å². The smallest absolute Gasteiger partial charge is 0.335 e. The quantitative estimate of drug-likeness (QED) is 0.0537. The van der Waals surface area contributed by atoms with Gasteiger partial charge in [-0.15, -0.1) is 11.8 Å². The van der Waals surface area contributed by atoms with Crippen LogP contribution in [-0.4, -0.2) is 33.9 Å². The first-order valence-electron chi connectivity index (χ1n) is 16.4. The van der Waals surface area contributed by atoms with Gasteiger partial charge in [-0.2, -0.15) is 0 Å². The lowest BCUT2D eigenvalue weighted by molar-refractivity contribution is -0.268. The average molecular weight is 750 g/mol. The van der Waals surface area contributed by atoms with Crippen molar-refractivity contribution in [2.75, 3.05) is 5.75 Å². The van der Waals surface area contributed by atoms with E-state index in [1.54, 1.807) is 48.5 Å². The summed E-state index contributed by atoms with van der Waals surface area (Å²) in [5, 5.41) is 21.0. The second kappa shape index (κ2) is 16.3. The SMILES string of the molecule is CC1C(CSc2ccc(C(=O)O)cc2)OC(c2cccc(-c3cccc(CNC(=O)c4c(F)c(F)c(F)c(F)c4F)c3)c2)OC1c1ccc(CO)cc1. The number of carbonyl (C=O) groups is 2. The topological polar surface area (TPSA) is 105 Å². The zero-order valence-electron chi connectivity index (χ0n) is 28.0. The van der Waals surface area contributed by atoms with Gasteiger partial charge in [-0.05, 0) is 64.2 Å². The van der Waals surface area contributed by atoms with E-state index in [0.717, 1.165) is 21.6 Å². The first-order valence-corrected chi connectivity index (χ1v) is 17.4. The largest absolute Gasteiger partial charge is 0.478 e. The maximum Gasteiger partial charge on any atom is 0.335 e. The van der Waals surface area contributed by atoms with Gasteiger partial charge in [0.05, 0.1) is 24.4 Å². The summed E-state index contributed by atoms with van der Waals surface area (Å²) in [5.41, 5.74) is 2.93. The molecule has 0 aromatic heterocycles. The number of thioether (sulfide) groups is 1. The van der Waals surface area contributed by atoms with E-state index in [1.807, 2.05) is 55.5 Å². The normalized spacial score (nSPS) is 18.5. The fourth-order valence-corrected chi connectivity index (χ4v) is 7.05. The van der Waals surface area contributed by atoms with E-state index in [1.165, 1.54) is 11.8 Å². The molecule has 13 heteroatoms. The summed E-state index contributed by atoms with van der Waals surface area (Å²) in [6, 6.07) is 28.4. The number of rotatable bonds is 11. The van der Waals surface area contributed by atoms with E-state index in [2.05, 4.69) is 5.32 Å². The van der Waals surface area contributed by atoms with Gasteiger partial charge in [-0.3, -0.25) is 4.79 Å². The van der Waals surface area contributed by atoms with Crippen LogP contribution in [0.5, 0.6) is 0 Å². The van der Waals surface area contributed by atoms with Gasteiger partial charge in [0.25, 0.3) is 5.91 Å². The van der Waals surface area contributed by atoms with E-state index < -0.39 is 52.8 Å². The standard InChI is InChI=1S/C40H32F5NO6S/c1-21-30(20-53-29-14-12-25(13-15-29)39(49)50)51-40(52-37(21)24-10-8-22(19-47)9-11-24)28-7-3-6-27(17-28)26-5-2-4-23(16-26)18-46-38(48)31-32(41)34(43)36(45)35(44)33(31)42/h2-17,21,30,37,40,47H,18-20H2,1H3,(H,46,48)(H,49,50). The molecule has 0 saturated carbocycles. The van der Waals surface area contributed by atoms with Crippen LogP contribution in [0, 0.1) is 35.0 Å². The molecular weight excluding hydrogens is 717 g/mol. The molecule has 0 aliphatic carbocycles. The Morgan fingerprint density at radius 3 is 2.00 bits per heavy atom. The van der Waals surface area contributed by atoms with Crippen molar-refractivity contribution in [1.82, 2.24) is 5.32 Å². The lowest BCUT2D eigenvalue weighted by Gasteiger charge is -2.41. The molecule has 0 spiro atoms. The van der Waals surface area contributed by atoms with Crippen molar-refractivity contribution in [2.45, 2.75) is 43.5 Å². The molecule has 3 N–H and O–H groups in total. The van der Waals surface area contributed by atoms with Crippen LogP contribution in [0.25, 0.3) is 11.1 Å². The number of aliphatic hydroxyl groups is 1. The highest BCUT2D eigenvalue weighted by Gasteiger charge is 2.38. The molecule has 53 heavy (non-hydrogen) atoms. The number of aromatic carboxylic acids is 1. The van der Waals surface area contributed by atoms with Crippen LogP contribution >= 0.6 is 11.8 Å². The monoisotopic (exact) mass is 749 g/mol. The summed E-state index contributed by atoms with van der Waals surface area (Å²) >= 11 is 1.53. The zero-order valence-corrected chi connectivity index (χ0v) is 28.8. The molecule has 5 aromatic rings. The Kier molecular flexibility index (Phi) is 11.6. The summed E-state index contributed by atoms with van der Waals surface area (Å²) < 4.78 is 82.3. The second-order valence-electron chi connectivity index (χ2n) is 12.4. The molecule has 7 nitrogen and oxygen atoms in total. The number of amides is 1. The third kappa shape index (κ3) is 8.28. The summed E-state index contributed by atoms with van der Waals surface area (Å²) in [6.07, 6.45) is -1.47. The predicted octanol–water partition coefficient (Wildman–Crippen LogP) is 8.75. The molecule has 0 bridgehead atoms. The molecule has 4 atom stereocenters. The molecule has 6 rings (SSSR count). The number of nitrogens with one attached hydrogen (secondary N) is 1. The van der Waals surface area contributed by atoms with Crippen LogP contribution in [0.2, 0.25) is 0 Å². The zero-order chi connectivity index (χ0) is 37.8. The Balaban J connectivity index is 1.22. The fourth-order valence-electron chi connectivity index (χ4n) is 5.98. The van der Waals surface area contributed by atoms with Crippen LogP contribution in [-0.2, 0) is 22.6 Å². The molecular formula is C40H32F5NO6S. The Morgan fingerprint density at radius 2 is 1.36 bits per heavy atom. The number of carbonyl (C=O) groups excluding carboxylic acids is 1. The lowest BCUT2D eigenvalue weighted by atomic mass is 9.91. The van der Waals surface area contributed by atoms with Gasteiger partial charge in [0.2, 0.25) is 5.82 Å². The van der Waals surface area contributed by atoms with Gasteiger partial charge in [0, 0.05) is 28.7 Å². The Morgan fingerprint density at radius 1 is 0.736 bits per heavy atom. The van der Waals surface area contributed by atoms with Crippen molar-refractivity contribution < 1.29 is 51.2 Å². The number of benzene rings is 5. The highest BCUT2D eigenvalue weighted by molar-refractivity contribution is 7.99. The van der Waals surface area contributed by atoms with Crippen molar-refractivity contribution in [3.05, 3.63) is 160 Å². The molecule has 1 heterocycles. The number of halogens is 5. The Bertz CT molecular complexity index is 2100. The minimum absolute atomic E-state index is 0.0985. The van der Waals surface area contributed by atoms with Gasteiger partial charge in [0.15, 0.2) is 29.6 Å². The fraction of sp³-hybridized carbons (Fsp3) is 0.200. The molecule has 1 aliphatic heterocycles. The Labute approximate surface area is 305 Å². The molecule has 1 saturated heterocycles. The molecule has 274 valence electrons.